The summed E-state index contributed by atoms with van der Waals surface area (Å²) < 4.78 is 6.40. The van der Waals surface area contributed by atoms with Gasteiger partial charge in [0.15, 0.2) is 0 Å². The first-order valence-electron chi connectivity index (χ1n) is 5.26. The predicted octanol–water partition coefficient (Wildman–Crippen LogP) is -0.155. The second kappa shape index (κ2) is 6.17. The lowest BCUT2D eigenvalue weighted by Gasteiger charge is -2.11. The van der Waals surface area contributed by atoms with E-state index in [1.165, 1.54) is 4.57 Å². The molecule has 0 aromatic carbocycles. The Bertz CT molecular complexity index is 513. The smallest absolute Gasteiger partial charge is 0.330 e. The van der Waals surface area contributed by atoms with Crippen LogP contribution in [-0.2, 0) is 11.5 Å². The molecule has 0 radical (unpaired) electrons. The summed E-state index contributed by atoms with van der Waals surface area (Å²) in [6.07, 6.45) is 3.41. The Hall–Kier alpha value is -1.66. The van der Waals surface area contributed by atoms with E-state index in [1.807, 2.05) is 0 Å². The van der Waals surface area contributed by atoms with Crippen LogP contribution in [0, 0.1) is 6.92 Å². The quantitative estimate of drug-likeness (QED) is 0.701. The standard InChI is InChI=1S/C11H16N2O4/c1-3-4-9-8(2)10(15)12-11(16)13(9)7-17-6-5-14/h3-4,14H,5-7H2,1-2H3,(H,12,15,16)/b4-3-. The summed E-state index contributed by atoms with van der Waals surface area (Å²) in [4.78, 5) is 25.3. The zero-order valence-electron chi connectivity index (χ0n) is 9.90. The van der Waals surface area contributed by atoms with Crippen molar-refractivity contribution >= 4 is 6.08 Å². The molecule has 0 bridgehead atoms. The molecule has 0 amide bonds. The molecule has 0 aliphatic carbocycles. The fraction of sp³-hybridized carbons (Fsp3) is 0.455. The number of hydrogen-bond acceptors (Lipinski definition) is 4. The van der Waals surface area contributed by atoms with Gasteiger partial charge in [0, 0.05) is 5.56 Å². The van der Waals surface area contributed by atoms with Gasteiger partial charge in [0.25, 0.3) is 5.56 Å². The first kappa shape index (κ1) is 13.4. The third kappa shape index (κ3) is 3.15. The number of aromatic nitrogens is 2. The number of allylic oxidation sites excluding steroid dienone is 1. The first-order chi connectivity index (χ1) is 8.11. The van der Waals surface area contributed by atoms with E-state index in [1.54, 1.807) is 26.0 Å². The van der Waals surface area contributed by atoms with E-state index in [-0.39, 0.29) is 19.9 Å². The molecule has 0 atom stereocenters. The Labute approximate surface area is 98.2 Å². The maximum absolute atomic E-state index is 11.6. The number of aliphatic hydroxyl groups is 1. The molecule has 1 aromatic rings. The van der Waals surface area contributed by atoms with E-state index < -0.39 is 11.2 Å². The number of aliphatic hydroxyl groups excluding tert-OH is 1. The van der Waals surface area contributed by atoms with Gasteiger partial charge in [0.1, 0.15) is 6.73 Å². The summed E-state index contributed by atoms with van der Waals surface area (Å²) in [5, 5.41) is 8.60. The lowest BCUT2D eigenvalue weighted by Crippen LogP contribution is -2.34. The Balaban J connectivity index is 3.21. The topological polar surface area (TPSA) is 84.3 Å². The summed E-state index contributed by atoms with van der Waals surface area (Å²) in [6, 6.07) is 0. The van der Waals surface area contributed by atoms with E-state index in [4.69, 9.17) is 9.84 Å². The molecule has 6 heteroatoms. The molecule has 0 saturated carbocycles. The first-order valence-corrected chi connectivity index (χ1v) is 5.26. The number of H-pyrrole nitrogens is 1. The van der Waals surface area contributed by atoms with E-state index in [0.29, 0.717) is 11.3 Å². The van der Waals surface area contributed by atoms with Crippen molar-refractivity contribution in [3.05, 3.63) is 38.2 Å². The van der Waals surface area contributed by atoms with E-state index in [2.05, 4.69) is 4.98 Å². The third-order valence-electron chi connectivity index (χ3n) is 2.26. The van der Waals surface area contributed by atoms with Crippen LogP contribution in [-0.4, -0.2) is 27.9 Å². The number of nitrogens with zero attached hydrogens (tertiary/aromatic N) is 1. The molecule has 0 saturated heterocycles. The molecule has 94 valence electrons. The summed E-state index contributed by atoms with van der Waals surface area (Å²) in [6.45, 7) is 3.45. The van der Waals surface area contributed by atoms with Crippen molar-refractivity contribution in [3.8, 4) is 0 Å². The van der Waals surface area contributed by atoms with Crippen molar-refractivity contribution in [2.45, 2.75) is 20.6 Å². The highest BCUT2D eigenvalue weighted by Crippen LogP contribution is 2.03. The zero-order valence-corrected chi connectivity index (χ0v) is 9.90. The van der Waals surface area contributed by atoms with Gasteiger partial charge >= 0.3 is 5.69 Å². The molecule has 2 N–H and O–H groups in total. The van der Waals surface area contributed by atoms with Crippen LogP contribution < -0.4 is 11.2 Å². The van der Waals surface area contributed by atoms with Crippen LogP contribution in [0.4, 0.5) is 0 Å². The van der Waals surface area contributed by atoms with Crippen LogP contribution in [0.5, 0.6) is 0 Å². The number of hydrogen-bond donors (Lipinski definition) is 2. The molecule has 1 aromatic heterocycles. The lowest BCUT2D eigenvalue weighted by atomic mass is 10.2. The van der Waals surface area contributed by atoms with Crippen molar-refractivity contribution in [1.82, 2.24) is 9.55 Å². The number of ether oxygens (including phenoxy) is 1. The van der Waals surface area contributed by atoms with Crippen molar-refractivity contribution in [2.75, 3.05) is 13.2 Å². The van der Waals surface area contributed by atoms with Gasteiger partial charge in [0.2, 0.25) is 0 Å². The number of aromatic amines is 1. The SMILES string of the molecule is C/C=C\c1c(C)c(=O)[nH]c(=O)n1COCCO. The largest absolute Gasteiger partial charge is 0.394 e. The average Bonchev–Trinajstić information content (AvgIpc) is 2.30. The van der Waals surface area contributed by atoms with Crippen LogP contribution in [0.2, 0.25) is 0 Å². The maximum atomic E-state index is 11.6. The highest BCUT2D eigenvalue weighted by molar-refractivity contribution is 5.48. The highest BCUT2D eigenvalue weighted by atomic mass is 16.5. The molecule has 17 heavy (non-hydrogen) atoms. The van der Waals surface area contributed by atoms with Crippen LogP contribution in [0.3, 0.4) is 0 Å². The van der Waals surface area contributed by atoms with Crippen LogP contribution in [0.1, 0.15) is 18.2 Å². The predicted molar refractivity (Wildman–Crippen MR) is 63.8 cm³/mol. The van der Waals surface area contributed by atoms with Gasteiger partial charge in [-0.2, -0.15) is 0 Å². The van der Waals surface area contributed by atoms with Gasteiger partial charge in [-0.3, -0.25) is 14.3 Å². The Morgan fingerprint density at radius 1 is 1.47 bits per heavy atom. The molecule has 0 fully saturated rings. The second-order valence-corrected chi connectivity index (χ2v) is 3.46. The summed E-state index contributed by atoms with van der Waals surface area (Å²) >= 11 is 0. The van der Waals surface area contributed by atoms with Gasteiger partial charge in [0.05, 0.1) is 18.9 Å². The van der Waals surface area contributed by atoms with Crippen molar-refractivity contribution < 1.29 is 9.84 Å². The number of nitrogens with one attached hydrogen (secondary N) is 1. The zero-order chi connectivity index (χ0) is 12.8. The van der Waals surface area contributed by atoms with Crippen molar-refractivity contribution in [2.24, 2.45) is 0 Å². The minimum absolute atomic E-state index is 0.00329. The minimum atomic E-state index is -0.522. The average molecular weight is 240 g/mol. The molecule has 0 aliphatic rings. The Kier molecular flexibility index (Phi) is 4.86. The monoisotopic (exact) mass is 240 g/mol. The fourth-order valence-electron chi connectivity index (χ4n) is 1.41. The van der Waals surface area contributed by atoms with E-state index in [0.717, 1.165) is 0 Å². The molecular weight excluding hydrogens is 224 g/mol. The molecule has 1 heterocycles. The lowest BCUT2D eigenvalue weighted by molar-refractivity contribution is 0.0452. The third-order valence-corrected chi connectivity index (χ3v) is 2.26. The minimum Gasteiger partial charge on any atom is -0.394 e. The van der Waals surface area contributed by atoms with Gasteiger partial charge in [-0.05, 0) is 19.9 Å². The maximum Gasteiger partial charge on any atom is 0.330 e. The Morgan fingerprint density at radius 3 is 2.76 bits per heavy atom. The number of rotatable bonds is 5. The molecule has 6 nitrogen and oxygen atoms in total. The highest BCUT2D eigenvalue weighted by Gasteiger charge is 2.08. The summed E-state index contributed by atoms with van der Waals surface area (Å²) in [7, 11) is 0. The van der Waals surface area contributed by atoms with Crippen LogP contribution in [0.15, 0.2) is 15.7 Å². The molecule has 1 rings (SSSR count). The van der Waals surface area contributed by atoms with E-state index >= 15 is 0 Å². The van der Waals surface area contributed by atoms with E-state index in [9.17, 15) is 9.59 Å². The van der Waals surface area contributed by atoms with Crippen molar-refractivity contribution in [1.29, 1.82) is 0 Å². The van der Waals surface area contributed by atoms with Crippen LogP contribution >= 0.6 is 0 Å². The Morgan fingerprint density at radius 2 is 2.18 bits per heavy atom. The summed E-state index contributed by atoms with van der Waals surface area (Å²) in [5.41, 5.74) is 0.0441. The molecular formula is C11H16N2O4. The van der Waals surface area contributed by atoms with Gasteiger partial charge in [-0.1, -0.05) is 6.08 Å². The van der Waals surface area contributed by atoms with Crippen LogP contribution in [0.25, 0.3) is 6.08 Å². The van der Waals surface area contributed by atoms with Crippen molar-refractivity contribution in [3.63, 3.8) is 0 Å². The molecule has 0 aliphatic heterocycles. The fourth-order valence-corrected chi connectivity index (χ4v) is 1.41. The summed E-state index contributed by atoms with van der Waals surface area (Å²) in [5.74, 6) is 0. The van der Waals surface area contributed by atoms with Gasteiger partial charge < -0.3 is 9.84 Å². The molecule has 0 spiro atoms. The second-order valence-electron chi connectivity index (χ2n) is 3.46. The van der Waals surface area contributed by atoms with Gasteiger partial charge in [-0.25, -0.2) is 4.79 Å². The normalized spacial score (nSPS) is 11.2. The molecule has 0 unspecified atom stereocenters. The van der Waals surface area contributed by atoms with Gasteiger partial charge in [-0.15, -0.1) is 0 Å².